The Labute approximate surface area is 153 Å². The molecule has 140 valence electrons. The van der Waals surface area contributed by atoms with E-state index in [1.807, 2.05) is 26.0 Å². The van der Waals surface area contributed by atoms with Gasteiger partial charge in [-0.05, 0) is 44.0 Å². The Morgan fingerprint density at radius 3 is 2.50 bits per heavy atom. The van der Waals surface area contributed by atoms with Crippen LogP contribution in [0.2, 0.25) is 0 Å². The van der Waals surface area contributed by atoms with Gasteiger partial charge >= 0.3 is 5.69 Å². The fourth-order valence-corrected chi connectivity index (χ4v) is 2.19. The number of unbranched alkanes of at least 4 members (excludes halogenated alkanes) is 1. The van der Waals surface area contributed by atoms with E-state index in [0.717, 1.165) is 25.0 Å². The number of anilines is 3. The van der Waals surface area contributed by atoms with E-state index in [1.54, 1.807) is 12.1 Å². The number of ether oxygens (including phenoxy) is 1. The zero-order chi connectivity index (χ0) is 18.9. The molecule has 2 N–H and O–H groups in total. The second kappa shape index (κ2) is 9.55. The number of aromatic nitrogens is 2. The van der Waals surface area contributed by atoms with Crippen molar-refractivity contribution < 1.29 is 9.66 Å². The lowest BCUT2D eigenvalue weighted by Gasteiger charge is -2.14. The van der Waals surface area contributed by atoms with Crippen molar-refractivity contribution in [2.75, 3.05) is 17.2 Å². The van der Waals surface area contributed by atoms with Crippen molar-refractivity contribution in [2.45, 2.75) is 46.1 Å². The monoisotopic (exact) mass is 359 g/mol. The Morgan fingerprint density at radius 2 is 1.88 bits per heavy atom. The molecule has 0 fully saturated rings. The van der Waals surface area contributed by atoms with E-state index >= 15 is 0 Å². The Morgan fingerprint density at radius 1 is 1.19 bits per heavy atom. The molecule has 1 atom stereocenters. The molecule has 0 aliphatic heterocycles. The van der Waals surface area contributed by atoms with E-state index in [9.17, 15) is 10.1 Å². The first-order valence-corrected chi connectivity index (χ1v) is 8.81. The summed E-state index contributed by atoms with van der Waals surface area (Å²) in [6.07, 6.45) is 4.20. The van der Waals surface area contributed by atoms with Gasteiger partial charge in [-0.3, -0.25) is 10.1 Å². The van der Waals surface area contributed by atoms with Crippen LogP contribution in [0.25, 0.3) is 0 Å². The first kappa shape index (κ1) is 19.4. The molecule has 1 aromatic heterocycles. The second-order valence-electron chi connectivity index (χ2n) is 5.98. The van der Waals surface area contributed by atoms with Crippen molar-refractivity contribution >= 4 is 23.0 Å². The van der Waals surface area contributed by atoms with Crippen LogP contribution < -0.4 is 15.4 Å². The van der Waals surface area contributed by atoms with Gasteiger partial charge in [0.05, 0.1) is 11.5 Å². The summed E-state index contributed by atoms with van der Waals surface area (Å²) in [5.74, 6) is 1.12. The number of hydrogen-bond donors (Lipinski definition) is 2. The molecular formula is C18H25N5O3. The maximum absolute atomic E-state index is 11.5. The predicted octanol–water partition coefficient (Wildman–Crippen LogP) is 4.52. The lowest BCUT2D eigenvalue weighted by Crippen LogP contribution is -2.16. The van der Waals surface area contributed by atoms with Crippen molar-refractivity contribution in [1.29, 1.82) is 0 Å². The molecule has 0 saturated heterocycles. The number of nitrogens with zero attached hydrogens (tertiary/aromatic N) is 3. The summed E-state index contributed by atoms with van der Waals surface area (Å²) in [4.78, 5) is 19.1. The van der Waals surface area contributed by atoms with E-state index in [4.69, 9.17) is 4.74 Å². The molecule has 0 aliphatic carbocycles. The van der Waals surface area contributed by atoms with Gasteiger partial charge in [0.15, 0.2) is 0 Å². The first-order valence-electron chi connectivity index (χ1n) is 8.81. The minimum absolute atomic E-state index is 0.0657. The van der Waals surface area contributed by atoms with E-state index in [0.29, 0.717) is 12.3 Å². The van der Waals surface area contributed by atoms with Crippen LogP contribution >= 0.6 is 0 Å². The number of nitrogens with one attached hydrogen (secondary N) is 2. The van der Waals surface area contributed by atoms with Gasteiger partial charge in [-0.2, -0.15) is 0 Å². The van der Waals surface area contributed by atoms with Crippen LogP contribution in [-0.2, 0) is 0 Å². The molecule has 26 heavy (non-hydrogen) atoms. The van der Waals surface area contributed by atoms with Crippen LogP contribution in [0.15, 0.2) is 30.6 Å². The quantitative estimate of drug-likeness (QED) is 0.365. The molecule has 8 heteroatoms. The molecule has 2 rings (SSSR count). The highest BCUT2D eigenvalue weighted by Crippen LogP contribution is 2.32. The van der Waals surface area contributed by atoms with Gasteiger partial charge in [-0.25, -0.2) is 9.97 Å². The van der Waals surface area contributed by atoms with Crippen LogP contribution in [-0.4, -0.2) is 27.5 Å². The SMILES string of the molecule is CCCCOc1ccc(Nc2ncnc(NC(C)CC)c2[N+](=O)[O-])cc1. The Hall–Kier alpha value is -2.90. The van der Waals surface area contributed by atoms with Crippen LogP contribution in [0.1, 0.15) is 40.0 Å². The number of hydrogen-bond acceptors (Lipinski definition) is 7. The topological polar surface area (TPSA) is 102 Å². The van der Waals surface area contributed by atoms with Crippen LogP contribution in [0.5, 0.6) is 5.75 Å². The summed E-state index contributed by atoms with van der Waals surface area (Å²) in [7, 11) is 0. The Bertz CT molecular complexity index is 721. The zero-order valence-electron chi connectivity index (χ0n) is 15.4. The highest BCUT2D eigenvalue weighted by atomic mass is 16.6. The Balaban J connectivity index is 2.18. The summed E-state index contributed by atoms with van der Waals surface area (Å²) in [5, 5.41) is 17.6. The van der Waals surface area contributed by atoms with Gasteiger partial charge in [0.25, 0.3) is 0 Å². The smallest absolute Gasteiger partial charge is 0.353 e. The van der Waals surface area contributed by atoms with Crippen LogP contribution in [0.4, 0.5) is 23.0 Å². The summed E-state index contributed by atoms with van der Waals surface area (Å²) in [6, 6.07) is 7.31. The number of rotatable bonds is 10. The lowest BCUT2D eigenvalue weighted by molar-refractivity contribution is -0.383. The second-order valence-corrected chi connectivity index (χ2v) is 5.98. The van der Waals surface area contributed by atoms with Crippen LogP contribution in [0.3, 0.4) is 0 Å². The first-order chi connectivity index (χ1) is 12.5. The van der Waals surface area contributed by atoms with Gasteiger partial charge in [0.2, 0.25) is 11.6 Å². The summed E-state index contributed by atoms with van der Waals surface area (Å²) >= 11 is 0. The molecule has 1 unspecified atom stereocenters. The highest BCUT2D eigenvalue weighted by molar-refractivity contribution is 5.73. The van der Waals surface area contributed by atoms with E-state index < -0.39 is 4.92 Å². The largest absolute Gasteiger partial charge is 0.494 e. The average Bonchev–Trinajstić information content (AvgIpc) is 2.63. The maximum atomic E-state index is 11.5. The van der Waals surface area contributed by atoms with Gasteiger partial charge < -0.3 is 15.4 Å². The standard InChI is InChI=1S/C18H25N5O3/c1-4-6-11-26-15-9-7-14(8-10-15)22-18-16(23(24)25)17(19-12-20-18)21-13(3)5-2/h7-10,12-13H,4-6,11H2,1-3H3,(H2,19,20,21,22). The minimum Gasteiger partial charge on any atom is -0.494 e. The Kier molecular flexibility index (Phi) is 7.13. The fraction of sp³-hybridized carbons (Fsp3) is 0.444. The van der Waals surface area contributed by atoms with Crippen molar-refractivity contribution in [2.24, 2.45) is 0 Å². The molecule has 1 heterocycles. The third-order valence-corrected chi connectivity index (χ3v) is 3.88. The fourth-order valence-electron chi connectivity index (χ4n) is 2.19. The predicted molar refractivity (Wildman–Crippen MR) is 102 cm³/mol. The minimum atomic E-state index is -0.477. The molecule has 0 radical (unpaired) electrons. The third kappa shape index (κ3) is 5.30. The van der Waals surface area contributed by atoms with Gasteiger partial charge in [0.1, 0.15) is 12.1 Å². The lowest BCUT2D eigenvalue weighted by atomic mass is 10.2. The normalized spacial score (nSPS) is 11.7. The van der Waals surface area contributed by atoms with Gasteiger partial charge in [-0.1, -0.05) is 20.3 Å². The molecule has 8 nitrogen and oxygen atoms in total. The van der Waals surface area contributed by atoms with Crippen LogP contribution in [0, 0.1) is 10.1 Å². The van der Waals surface area contributed by atoms with Gasteiger partial charge in [0, 0.05) is 11.7 Å². The maximum Gasteiger partial charge on any atom is 0.353 e. The third-order valence-electron chi connectivity index (χ3n) is 3.88. The van der Waals surface area contributed by atoms with Gasteiger partial charge in [-0.15, -0.1) is 0 Å². The molecule has 0 aliphatic rings. The molecule has 1 aromatic carbocycles. The number of nitro groups is 1. The summed E-state index contributed by atoms with van der Waals surface area (Å²) in [6.45, 7) is 6.71. The summed E-state index contributed by atoms with van der Waals surface area (Å²) in [5.41, 5.74) is 0.514. The van der Waals surface area contributed by atoms with Crippen molar-refractivity contribution in [3.05, 3.63) is 40.7 Å². The number of benzene rings is 1. The molecule has 0 bridgehead atoms. The van der Waals surface area contributed by atoms with Crippen molar-refractivity contribution in [3.63, 3.8) is 0 Å². The van der Waals surface area contributed by atoms with Crippen molar-refractivity contribution in [3.8, 4) is 5.75 Å². The van der Waals surface area contributed by atoms with Crippen molar-refractivity contribution in [1.82, 2.24) is 9.97 Å². The molecule has 0 spiro atoms. The molecule has 2 aromatic rings. The van der Waals surface area contributed by atoms with E-state index in [2.05, 4.69) is 27.5 Å². The molecule has 0 saturated carbocycles. The highest BCUT2D eigenvalue weighted by Gasteiger charge is 2.23. The van der Waals surface area contributed by atoms with E-state index in [-0.39, 0.29) is 23.4 Å². The molecule has 0 amide bonds. The van der Waals surface area contributed by atoms with E-state index in [1.165, 1.54) is 6.33 Å². The average molecular weight is 359 g/mol. The summed E-state index contributed by atoms with van der Waals surface area (Å²) < 4.78 is 5.62. The zero-order valence-corrected chi connectivity index (χ0v) is 15.4. The molecular weight excluding hydrogens is 334 g/mol.